The van der Waals surface area contributed by atoms with E-state index in [9.17, 15) is 9.59 Å². The molecule has 0 saturated heterocycles. The van der Waals surface area contributed by atoms with Crippen molar-refractivity contribution < 1.29 is 14.7 Å². The van der Waals surface area contributed by atoms with Gasteiger partial charge >= 0.3 is 5.97 Å². The van der Waals surface area contributed by atoms with E-state index >= 15 is 0 Å². The van der Waals surface area contributed by atoms with Crippen LogP contribution in [-0.2, 0) is 9.59 Å². The van der Waals surface area contributed by atoms with Crippen LogP contribution in [0.25, 0.3) is 0 Å². The van der Waals surface area contributed by atoms with Gasteiger partial charge in [0, 0.05) is 12.5 Å². The van der Waals surface area contributed by atoms with E-state index in [-0.39, 0.29) is 18.5 Å². The van der Waals surface area contributed by atoms with Crippen molar-refractivity contribution >= 4 is 11.9 Å². The number of rotatable bonds is 6. The molecule has 1 aliphatic rings. The van der Waals surface area contributed by atoms with E-state index < -0.39 is 5.97 Å². The average Bonchev–Trinajstić information content (AvgIpc) is 2.74. The molecule has 0 aliphatic heterocycles. The highest BCUT2D eigenvalue weighted by atomic mass is 16.4. The van der Waals surface area contributed by atoms with E-state index in [2.05, 4.69) is 0 Å². The second-order valence-corrected chi connectivity index (χ2v) is 5.20. The second kappa shape index (κ2) is 6.62. The Balaban J connectivity index is 2.38. The van der Waals surface area contributed by atoms with Crippen LogP contribution in [0, 0.1) is 5.92 Å². The van der Waals surface area contributed by atoms with Crippen molar-refractivity contribution in [2.75, 3.05) is 6.54 Å². The lowest BCUT2D eigenvalue weighted by Crippen LogP contribution is -2.40. The van der Waals surface area contributed by atoms with Crippen LogP contribution in [-0.4, -0.2) is 34.5 Å². The molecule has 0 spiro atoms. The quantitative estimate of drug-likeness (QED) is 0.776. The molecule has 0 unspecified atom stereocenters. The number of carbonyl (C=O) groups is 2. The van der Waals surface area contributed by atoms with Gasteiger partial charge in [0.25, 0.3) is 0 Å². The summed E-state index contributed by atoms with van der Waals surface area (Å²) >= 11 is 0. The van der Waals surface area contributed by atoms with Gasteiger partial charge in [-0.15, -0.1) is 0 Å². The van der Waals surface area contributed by atoms with E-state index in [1.165, 1.54) is 30.6 Å². The van der Waals surface area contributed by atoms with Crippen LogP contribution in [0.3, 0.4) is 0 Å². The van der Waals surface area contributed by atoms with Gasteiger partial charge in [0.2, 0.25) is 5.91 Å². The molecule has 0 aromatic heterocycles. The van der Waals surface area contributed by atoms with Crippen LogP contribution in [0.2, 0.25) is 0 Å². The zero-order valence-corrected chi connectivity index (χ0v) is 10.8. The summed E-state index contributed by atoms with van der Waals surface area (Å²) in [5.74, 6) is -0.278. The minimum atomic E-state index is -0.937. The first-order valence-corrected chi connectivity index (χ1v) is 6.52. The first kappa shape index (κ1) is 14.0. The molecule has 1 aliphatic carbocycles. The first-order chi connectivity index (χ1) is 8.00. The molecule has 4 nitrogen and oxygen atoms in total. The number of amides is 1. The third-order valence-electron chi connectivity index (χ3n) is 3.49. The molecule has 1 rings (SSSR count). The number of hydrogen-bond acceptors (Lipinski definition) is 2. The van der Waals surface area contributed by atoms with E-state index in [0.717, 1.165) is 6.42 Å². The Morgan fingerprint density at radius 1 is 1.29 bits per heavy atom. The summed E-state index contributed by atoms with van der Waals surface area (Å²) in [6.07, 6.45) is 6.43. The lowest BCUT2D eigenvalue weighted by Gasteiger charge is -2.25. The Morgan fingerprint density at radius 3 is 2.35 bits per heavy atom. The van der Waals surface area contributed by atoms with Gasteiger partial charge in [-0.25, -0.2) is 0 Å². The molecule has 1 saturated carbocycles. The van der Waals surface area contributed by atoms with Crippen molar-refractivity contribution in [3.05, 3.63) is 0 Å². The minimum absolute atomic E-state index is 0.0192. The molecule has 98 valence electrons. The Morgan fingerprint density at radius 2 is 1.88 bits per heavy atom. The van der Waals surface area contributed by atoms with Crippen LogP contribution in [0.5, 0.6) is 0 Å². The standard InChI is InChI=1S/C13H23NO3/c1-10(2)14(9-13(16)17)12(15)8-7-11-5-3-4-6-11/h10-11H,3-9H2,1-2H3,(H,16,17). The molecule has 17 heavy (non-hydrogen) atoms. The summed E-state index contributed by atoms with van der Waals surface area (Å²) in [6, 6.07) is -0.0396. The van der Waals surface area contributed by atoms with Gasteiger partial charge in [-0.2, -0.15) is 0 Å². The Labute approximate surface area is 103 Å². The van der Waals surface area contributed by atoms with Crippen LogP contribution in [0.1, 0.15) is 52.4 Å². The number of nitrogens with zero attached hydrogens (tertiary/aromatic N) is 1. The number of carbonyl (C=O) groups excluding carboxylic acids is 1. The molecule has 4 heteroatoms. The molecular weight excluding hydrogens is 218 g/mol. The van der Waals surface area contributed by atoms with Gasteiger partial charge in [0.15, 0.2) is 0 Å². The van der Waals surface area contributed by atoms with Gasteiger partial charge in [0.05, 0.1) is 0 Å². The molecule has 0 aromatic carbocycles. The number of hydrogen-bond donors (Lipinski definition) is 1. The lowest BCUT2D eigenvalue weighted by molar-refractivity contribution is -0.145. The minimum Gasteiger partial charge on any atom is -0.480 e. The third-order valence-corrected chi connectivity index (χ3v) is 3.49. The van der Waals surface area contributed by atoms with Crippen LogP contribution in [0.15, 0.2) is 0 Å². The fourth-order valence-corrected chi connectivity index (χ4v) is 2.47. The van der Waals surface area contributed by atoms with Crippen molar-refractivity contribution in [3.8, 4) is 0 Å². The predicted molar refractivity (Wildman–Crippen MR) is 65.7 cm³/mol. The summed E-state index contributed by atoms with van der Waals surface area (Å²) in [6.45, 7) is 3.54. The maximum absolute atomic E-state index is 11.9. The van der Waals surface area contributed by atoms with Gasteiger partial charge < -0.3 is 10.0 Å². The summed E-state index contributed by atoms with van der Waals surface area (Å²) in [5.41, 5.74) is 0. The largest absolute Gasteiger partial charge is 0.480 e. The highest BCUT2D eigenvalue weighted by Crippen LogP contribution is 2.28. The van der Waals surface area contributed by atoms with Crippen LogP contribution < -0.4 is 0 Å². The van der Waals surface area contributed by atoms with E-state index in [1.54, 1.807) is 0 Å². The molecule has 0 radical (unpaired) electrons. The number of aliphatic carboxylic acids is 1. The predicted octanol–water partition coefficient (Wildman–Crippen LogP) is 2.28. The molecule has 1 fully saturated rings. The Kier molecular flexibility index (Phi) is 5.45. The van der Waals surface area contributed by atoms with Crippen molar-refractivity contribution in [1.82, 2.24) is 4.90 Å². The SMILES string of the molecule is CC(C)N(CC(=O)O)C(=O)CCC1CCCC1. The molecule has 0 bridgehead atoms. The van der Waals surface area contributed by atoms with E-state index in [0.29, 0.717) is 12.3 Å². The van der Waals surface area contributed by atoms with Gasteiger partial charge in [0.1, 0.15) is 6.54 Å². The van der Waals surface area contributed by atoms with Crippen molar-refractivity contribution in [2.24, 2.45) is 5.92 Å². The molecule has 0 atom stereocenters. The van der Waals surface area contributed by atoms with Crippen molar-refractivity contribution in [3.63, 3.8) is 0 Å². The average molecular weight is 241 g/mol. The summed E-state index contributed by atoms with van der Waals surface area (Å²) in [5, 5.41) is 8.77. The normalized spacial score (nSPS) is 16.4. The summed E-state index contributed by atoms with van der Waals surface area (Å²) in [4.78, 5) is 24.1. The molecular formula is C13H23NO3. The molecule has 1 amide bonds. The maximum Gasteiger partial charge on any atom is 0.323 e. The summed E-state index contributed by atoms with van der Waals surface area (Å²) < 4.78 is 0. The number of carboxylic acids is 1. The zero-order chi connectivity index (χ0) is 12.8. The highest BCUT2D eigenvalue weighted by molar-refractivity contribution is 5.81. The molecule has 0 aromatic rings. The first-order valence-electron chi connectivity index (χ1n) is 6.52. The smallest absolute Gasteiger partial charge is 0.323 e. The molecule has 1 N–H and O–H groups in total. The second-order valence-electron chi connectivity index (χ2n) is 5.20. The fourth-order valence-electron chi connectivity index (χ4n) is 2.47. The Hall–Kier alpha value is -1.06. The van der Waals surface area contributed by atoms with Gasteiger partial charge in [-0.1, -0.05) is 25.7 Å². The topological polar surface area (TPSA) is 57.6 Å². The monoisotopic (exact) mass is 241 g/mol. The van der Waals surface area contributed by atoms with E-state index in [1.807, 2.05) is 13.8 Å². The zero-order valence-electron chi connectivity index (χ0n) is 10.8. The highest BCUT2D eigenvalue weighted by Gasteiger charge is 2.22. The van der Waals surface area contributed by atoms with Gasteiger partial charge in [-0.3, -0.25) is 9.59 Å². The fraction of sp³-hybridized carbons (Fsp3) is 0.846. The maximum atomic E-state index is 11.9. The molecule has 0 heterocycles. The Bertz CT molecular complexity index is 270. The summed E-state index contributed by atoms with van der Waals surface area (Å²) in [7, 11) is 0. The van der Waals surface area contributed by atoms with Crippen molar-refractivity contribution in [1.29, 1.82) is 0 Å². The third kappa shape index (κ3) is 4.75. The van der Waals surface area contributed by atoms with Crippen LogP contribution in [0.4, 0.5) is 0 Å². The lowest BCUT2D eigenvalue weighted by atomic mass is 10.0. The van der Waals surface area contributed by atoms with Crippen LogP contribution >= 0.6 is 0 Å². The number of carboxylic acid groups (broad SMARTS) is 1. The van der Waals surface area contributed by atoms with Crippen molar-refractivity contribution in [2.45, 2.75) is 58.4 Å². The van der Waals surface area contributed by atoms with Gasteiger partial charge in [-0.05, 0) is 26.2 Å². The van der Waals surface area contributed by atoms with E-state index in [4.69, 9.17) is 5.11 Å².